The molecule has 1 N–H and O–H groups in total. The van der Waals surface area contributed by atoms with Gasteiger partial charge in [0.1, 0.15) is 5.60 Å². The van der Waals surface area contributed by atoms with Gasteiger partial charge in [0.25, 0.3) is 0 Å². The molecule has 0 aromatic carbocycles. The third kappa shape index (κ3) is 7.11. The number of hydrogen-bond donors (Lipinski definition) is 1. The zero-order valence-electron chi connectivity index (χ0n) is 15.4. The van der Waals surface area contributed by atoms with Gasteiger partial charge in [0.15, 0.2) is 0 Å². The molecule has 2 rings (SSSR count). The molecule has 0 unspecified atom stereocenters. The molecule has 1 saturated carbocycles. The van der Waals surface area contributed by atoms with E-state index in [0.717, 1.165) is 44.9 Å². The van der Waals surface area contributed by atoms with Crippen LogP contribution < -0.4 is 5.32 Å². The number of amides is 1. The highest BCUT2D eigenvalue weighted by Crippen LogP contribution is 2.28. The molecule has 23 heavy (non-hydrogen) atoms. The van der Waals surface area contributed by atoms with Crippen LogP contribution in [0.15, 0.2) is 0 Å². The van der Waals surface area contributed by atoms with Crippen LogP contribution in [-0.4, -0.2) is 42.8 Å². The van der Waals surface area contributed by atoms with Crippen LogP contribution in [0, 0.1) is 11.8 Å². The first-order valence-corrected chi connectivity index (χ1v) is 9.63. The first-order valence-electron chi connectivity index (χ1n) is 9.63. The first kappa shape index (κ1) is 18.6. The molecule has 0 spiro atoms. The van der Waals surface area contributed by atoms with E-state index >= 15 is 0 Å². The Kier molecular flexibility index (Phi) is 7.19. The van der Waals surface area contributed by atoms with Crippen molar-refractivity contribution in [3.8, 4) is 0 Å². The SMILES string of the molecule is CC(C)(C)OC(=O)N1CCC(CNCCCC2CCCC2)CC1. The number of likely N-dealkylation sites (tertiary alicyclic amines) is 1. The average molecular weight is 325 g/mol. The van der Waals surface area contributed by atoms with Crippen molar-refractivity contribution < 1.29 is 9.53 Å². The third-order valence-corrected chi connectivity index (χ3v) is 5.14. The summed E-state index contributed by atoms with van der Waals surface area (Å²) in [6.45, 7) is 9.70. The highest BCUT2D eigenvalue weighted by atomic mass is 16.6. The summed E-state index contributed by atoms with van der Waals surface area (Å²) < 4.78 is 5.45. The highest BCUT2D eigenvalue weighted by molar-refractivity contribution is 5.68. The van der Waals surface area contributed by atoms with Crippen LogP contribution in [0.3, 0.4) is 0 Å². The number of hydrogen-bond acceptors (Lipinski definition) is 3. The Hall–Kier alpha value is -0.770. The van der Waals surface area contributed by atoms with Gasteiger partial charge in [-0.25, -0.2) is 4.79 Å². The van der Waals surface area contributed by atoms with E-state index in [1.54, 1.807) is 0 Å². The fraction of sp³-hybridized carbons (Fsp3) is 0.947. The van der Waals surface area contributed by atoms with Crippen molar-refractivity contribution >= 4 is 6.09 Å². The standard InChI is InChI=1S/C19H36N2O2/c1-19(2,3)23-18(22)21-13-10-17(11-14-21)15-20-12-6-9-16-7-4-5-8-16/h16-17,20H,4-15H2,1-3H3. The Morgan fingerprint density at radius 3 is 2.35 bits per heavy atom. The Morgan fingerprint density at radius 1 is 1.09 bits per heavy atom. The van der Waals surface area contributed by atoms with E-state index in [4.69, 9.17) is 4.74 Å². The third-order valence-electron chi connectivity index (χ3n) is 5.14. The summed E-state index contributed by atoms with van der Waals surface area (Å²) in [6.07, 6.45) is 10.6. The number of piperidine rings is 1. The van der Waals surface area contributed by atoms with Gasteiger partial charge in [-0.2, -0.15) is 0 Å². The summed E-state index contributed by atoms with van der Waals surface area (Å²) in [5.41, 5.74) is -0.394. The number of ether oxygens (including phenoxy) is 1. The van der Waals surface area contributed by atoms with Gasteiger partial charge in [0.05, 0.1) is 0 Å². The minimum Gasteiger partial charge on any atom is -0.444 e. The van der Waals surface area contributed by atoms with Crippen LogP contribution in [0.2, 0.25) is 0 Å². The van der Waals surface area contributed by atoms with Crippen LogP contribution in [-0.2, 0) is 4.74 Å². The Morgan fingerprint density at radius 2 is 1.74 bits per heavy atom. The van der Waals surface area contributed by atoms with Crippen LogP contribution >= 0.6 is 0 Å². The second-order valence-corrected chi connectivity index (χ2v) is 8.41. The molecule has 0 bridgehead atoms. The maximum Gasteiger partial charge on any atom is 0.410 e. The number of nitrogens with zero attached hydrogens (tertiary/aromatic N) is 1. The quantitative estimate of drug-likeness (QED) is 0.745. The minimum atomic E-state index is -0.394. The monoisotopic (exact) mass is 324 g/mol. The summed E-state index contributed by atoms with van der Waals surface area (Å²) in [6, 6.07) is 0. The molecular formula is C19H36N2O2. The number of nitrogens with one attached hydrogen (secondary N) is 1. The second kappa shape index (κ2) is 8.91. The van der Waals surface area contributed by atoms with E-state index in [9.17, 15) is 4.79 Å². The molecule has 2 aliphatic rings. The Balaban J connectivity index is 1.51. The van der Waals surface area contributed by atoms with E-state index < -0.39 is 5.60 Å². The molecular weight excluding hydrogens is 288 g/mol. The average Bonchev–Trinajstić information content (AvgIpc) is 2.99. The van der Waals surface area contributed by atoms with Gasteiger partial charge in [-0.15, -0.1) is 0 Å². The van der Waals surface area contributed by atoms with Crippen LogP contribution in [0.4, 0.5) is 4.79 Å². The van der Waals surface area contributed by atoms with Crippen molar-refractivity contribution in [3.63, 3.8) is 0 Å². The lowest BCUT2D eigenvalue weighted by Crippen LogP contribution is -2.43. The lowest BCUT2D eigenvalue weighted by Gasteiger charge is -2.33. The molecule has 1 amide bonds. The topological polar surface area (TPSA) is 41.6 Å². The summed E-state index contributed by atoms with van der Waals surface area (Å²) in [7, 11) is 0. The number of carbonyl (C=O) groups excluding carboxylic acids is 1. The van der Waals surface area contributed by atoms with Gasteiger partial charge < -0.3 is 15.0 Å². The van der Waals surface area contributed by atoms with E-state index in [0.29, 0.717) is 5.92 Å². The first-order chi connectivity index (χ1) is 10.9. The molecule has 1 saturated heterocycles. The lowest BCUT2D eigenvalue weighted by atomic mass is 9.97. The van der Waals surface area contributed by atoms with E-state index in [1.165, 1.54) is 38.5 Å². The van der Waals surface area contributed by atoms with Gasteiger partial charge in [-0.05, 0) is 71.4 Å². The van der Waals surface area contributed by atoms with E-state index in [1.807, 2.05) is 25.7 Å². The van der Waals surface area contributed by atoms with Crippen molar-refractivity contribution in [1.29, 1.82) is 0 Å². The smallest absolute Gasteiger partial charge is 0.410 e. The predicted octanol–water partition coefficient (Wildman–Crippen LogP) is 4.19. The largest absolute Gasteiger partial charge is 0.444 e. The Labute approximate surface area is 142 Å². The predicted molar refractivity (Wildman–Crippen MR) is 94.6 cm³/mol. The molecule has 1 aliphatic carbocycles. The molecule has 0 aromatic rings. The summed E-state index contributed by atoms with van der Waals surface area (Å²) >= 11 is 0. The second-order valence-electron chi connectivity index (χ2n) is 8.41. The summed E-state index contributed by atoms with van der Waals surface area (Å²) in [4.78, 5) is 13.9. The molecule has 0 atom stereocenters. The van der Waals surface area contributed by atoms with Crippen LogP contribution in [0.25, 0.3) is 0 Å². The lowest BCUT2D eigenvalue weighted by molar-refractivity contribution is 0.0184. The van der Waals surface area contributed by atoms with Crippen molar-refractivity contribution in [1.82, 2.24) is 10.2 Å². The van der Waals surface area contributed by atoms with Gasteiger partial charge in [-0.3, -0.25) is 0 Å². The zero-order chi connectivity index (χ0) is 16.7. The molecule has 2 fully saturated rings. The minimum absolute atomic E-state index is 0.152. The van der Waals surface area contributed by atoms with Crippen LogP contribution in [0.1, 0.15) is 72.1 Å². The molecule has 0 radical (unpaired) electrons. The molecule has 4 nitrogen and oxygen atoms in total. The molecule has 0 aromatic heterocycles. The van der Waals surface area contributed by atoms with E-state index in [2.05, 4.69) is 5.32 Å². The van der Waals surface area contributed by atoms with Crippen molar-refractivity contribution in [2.75, 3.05) is 26.2 Å². The fourth-order valence-corrected chi connectivity index (χ4v) is 3.77. The fourth-order valence-electron chi connectivity index (χ4n) is 3.77. The van der Waals surface area contributed by atoms with Gasteiger partial charge in [0.2, 0.25) is 0 Å². The van der Waals surface area contributed by atoms with Gasteiger partial charge >= 0.3 is 6.09 Å². The maximum atomic E-state index is 12.0. The van der Waals surface area contributed by atoms with Gasteiger partial charge in [-0.1, -0.05) is 25.7 Å². The normalized spacial score (nSPS) is 20.9. The van der Waals surface area contributed by atoms with Crippen molar-refractivity contribution in [2.24, 2.45) is 11.8 Å². The highest BCUT2D eigenvalue weighted by Gasteiger charge is 2.26. The molecule has 4 heteroatoms. The van der Waals surface area contributed by atoms with Crippen molar-refractivity contribution in [2.45, 2.75) is 77.7 Å². The van der Waals surface area contributed by atoms with E-state index in [-0.39, 0.29) is 6.09 Å². The number of rotatable bonds is 6. The molecule has 1 heterocycles. The van der Waals surface area contributed by atoms with Crippen LogP contribution in [0.5, 0.6) is 0 Å². The zero-order valence-corrected chi connectivity index (χ0v) is 15.4. The molecule has 134 valence electrons. The van der Waals surface area contributed by atoms with Crippen molar-refractivity contribution in [3.05, 3.63) is 0 Å². The summed E-state index contributed by atoms with van der Waals surface area (Å²) in [5.74, 6) is 1.72. The Bertz CT molecular complexity index is 351. The van der Waals surface area contributed by atoms with Gasteiger partial charge in [0, 0.05) is 13.1 Å². The molecule has 1 aliphatic heterocycles. The maximum absolute atomic E-state index is 12.0. The summed E-state index contributed by atoms with van der Waals surface area (Å²) in [5, 5.41) is 3.63. The number of carbonyl (C=O) groups is 1.